The third-order valence-electron chi connectivity index (χ3n) is 5.65. The first kappa shape index (κ1) is 24.8. The number of methoxy groups -OCH3 is 2. The molecule has 1 atom stereocenters. The fraction of sp³-hybridized carbons (Fsp3) is 0.320. The quantitative estimate of drug-likeness (QED) is 0.263. The molecule has 2 aromatic rings. The van der Waals surface area contributed by atoms with Crippen molar-refractivity contribution in [1.29, 1.82) is 0 Å². The van der Waals surface area contributed by atoms with Crippen LogP contribution >= 0.6 is 0 Å². The fourth-order valence-corrected chi connectivity index (χ4v) is 3.92. The molecular weight excluding hydrogens is 440 g/mol. The lowest BCUT2D eigenvalue weighted by Crippen LogP contribution is -2.32. The van der Waals surface area contributed by atoms with Crippen molar-refractivity contribution in [3.05, 3.63) is 64.7 Å². The number of phenolic OH excluding ortho intramolecular Hbond substituents is 1. The number of rotatable bonds is 8. The lowest BCUT2D eigenvalue weighted by Gasteiger charge is -2.26. The number of hydrogen-bond donors (Lipinski definition) is 2. The van der Waals surface area contributed by atoms with Crippen LogP contribution in [0.1, 0.15) is 33.9 Å². The number of aliphatic hydroxyl groups is 1. The topological polar surface area (TPSA) is 117 Å². The molecule has 1 saturated heterocycles. The maximum absolute atomic E-state index is 13.1. The number of ether oxygens (including phenoxy) is 2. The zero-order valence-electron chi connectivity index (χ0n) is 19.6. The number of aromatic hydroxyl groups is 1. The van der Waals surface area contributed by atoms with Crippen LogP contribution in [0, 0.1) is 0 Å². The highest BCUT2D eigenvalue weighted by molar-refractivity contribution is 6.46. The SMILES string of the molecule is COC(=O)c1ccc(C2C(=C(O)c3ccc(OC)cc3O)C(=O)C(=O)N2CCCN(C)C)cc1. The smallest absolute Gasteiger partial charge is 0.337 e. The third kappa shape index (κ3) is 4.89. The summed E-state index contributed by atoms with van der Waals surface area (Å²) in [5, 5.41) is 21.5. The van der Waals surface area contributed by atoms with E-state index in [4.69, 9.17) is 9.47 Å². The van der Waals surface area contributed by atoms with Crippen molar-refractivity contribution in [3.63, 3.8) is 0 Å². The summed E-state index contributed by atoms with van der Waals surface area (Å²) >= 11 is 0. The van der Waals surface area contributed by atoms with Gasteiger partial charge in [0, 0.05) is 12.6 Å². The van der Waals surface area contributed by atoms with Crippen molar-refractivity contribution in [2.24, 2.45) is 0 Å². The second kappa shape index (κ2) is 10.4. The number of likely N-dealkylation sites (tertiary alicyclic amines) is 1. The molecule has 1 fully saturated rings. The molecule has 2 N–H and O–H groups in total. The van der Waals surface area contributed by atoms with Gasteiger partial charge in [0.25, 0.3) is 11.7 Å². The number of amides is 1. The number of phenols is 1. The Labute approximate surface area is 197 Å². The summed E-state index contributed by atoms with van der Waals surface area (Å²) < 4.78 is 9.81. The molecule has 0 spiro atoms. The predicted molar refractivity (Wildman–Crippen MR) is 125 cm³/mol. The van der Waals surface area contributed by atoms with E-state index in [1.54, 1.807) is 12.1 Å². The summed E-state index contributed by atoms with van der Waals surface area (Å²) in [5.74, 6) is -2.52. The Morgan fingerprint density at radius 2 is 1.76 bits per heavy atom. The van der Waals surface area contributed by atoms with Crippen LogP contribution in [0.4, 0.5) is 0 Å². The first-order chi connectivity index (χ1) is 16.2. The minimum atomic E-state index is -0.893. The fourth-order valence-electron chi connectivity index (χ4n) is 3.92. The monoisotopic (exact) mass is 468 g/mol. The number of nitrogens with zero attached hydrogens (tertiary/aromatic N) is 2. The van der Waals surface area contributed by atoms with Gasteiger partial charge in [-0.3, -0.25) is 9.59 Å². The molecule has 9 heteroatoms. The van der Waals surface area contributed by atoms with E-state index < -0.39 is 29.5 Å². The van der Waals surface area contributed by atoms with Crippen LogP contribution in [0.25, 0.3) is 5.76 Å². The molecule has 1 aliphatic heterocycles. The van der Waals surface area contributed by atoms with E-state index in [1.165, 1.54) is 49.5 Å². The number of esters is 1. The summed E-state index contributed by atoms with van der Waals surface area (Å²) in [6.45, 7) is 0.966. The van der Waals surface area contributed by atoms with Gasteiger partial charge in [-0.15, -0.1) is 0 Å². The van der Waals surface area contributed by atoms with Gasteiger partial charge in [0.05, 0.1) is 37.0 Å². The molecule has 34 heavy (non-hydrogen) atoms. The maximum Gasteiger partial charge on any atom is 0.337 e. The molecule has 0 aromatic heterocycles. The Bertz CT molecular complexity index is 1120. The Morgan fingerprint density at radius 1 is 1.09 bits per heavy atom. The number of carbonyl (C=O) groups excluding carboxylic acids is 3. The average Bonchev–Trinajstić information content (AvgIpc) is 3.08. The van der Waals surface area contributed by atoms with E-state index in [2.05, 4.69) is 0 Å². The third-order valence-corrected chi connectivity index (χ3v) is 5.65. The van der Waals surface area contributed by atoms with Crippen molar-refractivity contribution < 1.29 is 34.1 Å². The van der Waals surface area contributed by atoms with Crippen LogP contribution < -0.4 is 4.74 Å². The van der Waals surface area contributed by atoms with Gasteiger partial charge in [-0.2, -0.15) is 0 Å². The lowest BCUT2D eigenvalue weighted by atomic mass is 9.94. The van der Waals surface area contributed by atoms with Crippen molar-refractivity contribution in [2.45, 2.75) is 12.5 Å². The minimum Gasteiger partial charge on any atom is -0.507 e. The molecule has 3 rings (SSSR count). The second-order valence-electron chi connectivity index (χ2n) is 8.15. The molecule has 0 aliphatic carbocycles. The highest BCUT2D eigenvalue weighted by Gasteiger charge is 2.46. The van der Waals surface area contributed by atoms with Crippen LogP contribution in [0.3, 0.4) is 0 Å². The van der Waals surface area contributed by atoms with Gasteiger partial charge in [-0.25, -0.2) is 4.79 Å². The van der Waals surface area contributed by atoms with Gasteiger partial charge in [0.1, 0.15) is 17.3 Å². The van der Waals surface area contributed by atoms with Gasteiger partial charge >= 0.3 is 5.97 Å². The standard InChI is InChI=1S/C25H28N2O7/c1-26(2)12-5-13-27-21(15-6-8-16(9-7-15)25(32)34-4)20(23(30)24(27)31)22(29)18-11-10-17(33-3)14-19(18)28/h6-11,14,21,28-29H,5,12-13H2,1-4H3. The summed E-state index contributed by atoms with van der Waals surface area (Å²) in [4.78, 5) is 41.3. The summed E-state index contributed by atoms with van der Waals surface area (Å²) in [5.41, 5.74) is 0.708. The maximum atomic E-state index is 13.1. The number of Topliss-reactive ketones (excluding diaryl/α,β-unsaturated/α-hetero) is 1. The van der Waals surface area contributed by atoms with Crippen LogP contribution in [-0.2, 0) is 14.3 Å². The minimum absolute atomic E-state index is 0.00303. The molecule has 1 amide bonds. The number of aliphatic hydroxyl groups excluding tert-OH is 1. The number of carbonyl (C=O) groups is 3. The molecule has 0 bridgehead atoms. The first-order valence-corrected chi connectivity index (χ1v) is 10.7. The molecule has 1 heterocycles. The molecule has 2 aromatic carbocycles. The molecule has 0 saturated carbocycles. The first-order valence-electron chi connectivity index (χ1n) is 10.7. The molecule has 0 radical (unpaired) electrons. The Morgan fingerprint density at radius 3 is 2.32 bits per heavy atom. The number of ketones is 1. The van der Waals surface area contributed by atoms with Crippen molar-refractivity contribution in [2.75, 3.05) is 41.4 Å². The van der Waals surface area contributed by atoms with E-state index >= 15 is 0 Å². The van der Waals surface area contributed by atoms with E-state index in [1.807, 2.05) is 19.0 Å². The van der Waals surface area contributed by atoms with Crippen molar-refractivity contribution in [1.82, 2.24) is 9.80 Å². The van der Waals surface area contributed by atoms with E-state index in [0.717, 1.165) is 0 Å². The van der Waals surface area contributed by atoms with Gasteiger partial charge in [0.15, 0.2) is 0 Å². The molecular formula is C25H28N2O7. The van der Waals surface area contributed by atoms with Gasteiger partial charge in [-0.1, -0.05) is 12.1 Å². The van der Waals surface area contributed by atoms with E-state index in [9.17, 15) is 24.6 Å². The Balaban J connectivity index is 2.12. The van der Waals surface area contributed by atoms with Crippen LogP contribution in [0.15, 0.2) is 48.0 Å². The van der Waals surface area contributed by atoms with Crippen molar-refractivity contribution >= 4 is 23.4 Å². The van der Waals surface area contributed by atoms with E-state index in [-0.39, 0.29) is 23.4 Å². The summed E-state index contributed by atoms with van der Waals surface area (Å²) in [6, 6.07) is 9.66. The normalized spacial score (nSPS) is 17.3. The van der Waals surface area contributed by atoms with Gasteiger partial charge < -0.3 is 29.5 Å². The van der Waals surface area contributed by atoms with Crippen LogP contribution in [-0.4, -0.2) is 79.1 Å². The van der Waals surface area contributed by atoms with Crippen LogP contribution in [0.2, 0.25) is 0 Å². The zero-order valence-corrected chi connectivity index (χ0v) is 19.6. The highest BCUT2D eigenvalue weighted by Crippen LogP contribution is 2.41. The average molecular weight is 469 g/mol. The van der Waals surface area contributed by atoms with Crippen LogP contribution in [0.5, 0.6) is 11.5 Å². The molecule has 180 valence electrons. The molecule has 1 unspecified atom stereocenters. The number of hydrogen-bond acceptors (Lipinski definition) is 8. The van der Waals surface area contributed by atoms with Gasteiger partial charge in [-0.05, 0) is 56.9 Å². The summed E-state index contributed by atoms with van der Waals surface area (Å²) in [7, 11) is 6.52. The zero-order chi connectivity index (χ0) is 25.0. The van der Waals surface area contributed by atoms with E-state index in [0.29, 0.717) is 29.8 Å². The molecule has 1 aliphatic rings. The van der Waals surface area contributed by atoms with Crippen molar-refractivity contribution in [3.8, 4) is 11.5 Å². The largest absolute Gasteiger partial charge is 0.507 e. The molecule has 9 nitrogen and oxygen atoms in total. The summed E-state index contributed by atoms with van der Waals surface area (Å²) in [6.07, 6.45) is 0.602. The Hall–Kier alpha value is -3.85. The lowest BCUT2D eigenvalue weighted by molar-refractivity contribution is -0.139. The Kier molecular flexibility index (Phi) is 7.57. The number of benzene rings is 2. The predicted octanol–water partition coefficient (Wildman–Crippen LogP) is 2.56. The highest BCUT2D eigenvalue weighted by atomic mass is 16.5. The second-order valence-corrected chi connectivity index (χ2v) is 8.15. The van der Waals surface area contributed by atoms with Gasteiger partial charge in [0.2, 0.25) is 0 Å².